The zero-order valence-electron chi connectivity index (χ0n) is 9.88. The van der Waals surface area contributed by atoms with E-state index in [1.807, 2.05) is 0 Å². The first-order valence-corrected chi connectivity index (χ1v) is 6.34. The molecule has 1 heterocycles. The molecule has 0 aliphatic heterocycles. The van der Waals surface area contributed by atoms with Crippen molar-refractivity contribution in [3.63, 3.8) is 0 Å². The van der Waals surface area contributed by atoms with E-state index in [1.54, 1.807) is 0 Å². The molecule has 4 nitrogen and oxygen atoms in total. The molecule has 0 unspecified atom stereocenters. The number of hydrogen-bond donors (Lipinski definition) is 1. The number of ether oxygens (including phenoxy) is 1. The van der Waals surface area contributed by atoms with Crippen molar-refractivity contribution in [1.29, 1.82) is 0 Å². The number of rotatable bonds is 2. The number of hydrogen-bond acceptors (Lipinski definition) is 4. The Kier molecular flexibility index (Phi) is 4.36. The minimum atomic E-state index is -4.76. The molecule has 0 saturated carbocycles. The number of halogens is 6. The summed E-state index contributed by atoms with van der Waals surface area (Å²) in [5.74, 6) is -2.26. The lowest BCUT2D eigenvalue weighted by Crippen LogP contribution is -2.12. The average Bonchev–Trinajstić information content (AvgIpc) is 2.34. The number of nitrogens with two attached hydrogens (primary N) is 1. The zero-order valence-corrected chi connectivity index (χ0v) is 12.1. The Hall–Kier alpha value is -1.44. The molecule has 0 atom stereocenters. The molecule has 112 valence electrons. The number of benzene rings is 1. The minimum Gasteiger partial charge on any atom is -0.437 e. The molecule has 0 aliphatic carbocycles. The van der Waals surface area contributed by atoms with E-state index in [-0.39, 0.29) is 20.8 Å². The molecular formula is C11H5Cl3F3N3O. The Morgan fingerprint density at radius 1 is 0.952 bits per heavy atom. The first kappa shape index (κ1) is 15.9. The van der Waals surface area contributed by atoms with Crippen molar-refractivity contribution in [2.75, 3.05) is 5.73 Å². The van der Waals surface area contributed by atoms with Gasteiger partial charge in [0.2, 0.25) is 11.7 Å². The fourth-order valence-corrected chi connectivity index (χ4v) is 1.89. The van der Waals surface area contributed by atoms with Gasteiger partial charge in [-0.2, -0.15) is 18.2 Å². The number of anilines is 1. The van der Waals surface area contributed by atoms with E-state index in [4.69, 9.17) is 45.3 Å². The Morgan fingerprint density at radius 3 is 2.19 bits per heavy atom. The summed E-state index contributed by atoms with van der Waals surface area (Å²) in [5, 5.41) is 0.344. The molecule has 21 heavy (non-hydrogen) atoms. The van der Waals surface area contributed by atoms with Crippen LogP contribution in [0.4, 0.5) is 19.0 Å². The molecule has 1 aromatic carbocycles. The van der Waals surface area contributed by atoms with Crippen LogP contribution in [0.5, 0.6) is 11.6 Å². The Balaban J connectivity index is 2.40. The summed E-state index contributed by atoms with van der Waals surface area (Å²) in [6.45, 7) is 0. The highest BCUT2D eigenvalue weighted by Gasteiger charge is 2.35. The van der Waals surface area contributed by atoms with Gasteiger partial charge in [-0.25, -0.2) is 4.98 Å². The van der Waals surface area contributed by atoms with Crippen molar-refractivity contribution in [2.24, 2.45) is 0 Å². The zero-order chi connectivity index (χ0) is 15.8. The van der Waals surface area contributed by atoms with Gasteiger partial charge in [0.15, 0.2) is 0 Å². The molecule has 0 fully saturated rings. The number of nitrogens with zero attached hydrogens (tertiary/aromatic N) is 2. The molecule has 0 bridgehead atoms. The summed E-state index contributed by atoms with van der Waals surface area (Å²) >= 11 is 17.4. The van der Waals surface area contributed by atoms with Crippen LogP contribution in [0.25, 0.3) is 0 Å². The Bertz CT molecular complexity index is 694. The highest BCUT2D eigenvalue weighted by Crippen LogP contribution is 2.37. The summed E-state index contributed by atoms with van der Waals surface area (Å²) in [6, 6.07) is 3.56. The van der Waals surface area contributed by atoms with E-state index in [1.165, 1.54) is 12.1 Å². The van der Waals surface area contributed by atoms with Crippen LogP contribution in [0.1, 0.15) is 5.82 Å². The monoisotopic (exact) mass is 357 g/mol. The van der Waals surface area contributed by atoms with E-state index >= 15 is 0 Å². The van der Waals surface area contributed by atoms with Gasteiger partial charge in [0.05, 0.1) is 15.1 Å². The summed E-state index contributed by atoms with van der Waals surface area (Å²) in [7, 11) is 0. The lowest BCUT2D eigenvalue weighted by atomic mass is 10.3. The highest BCUT2D eigenvalue weighted by molar-refractivity contribution is 6.43. The van der Waals surface area contributed by atoms with Crippen molar-refractivity contribution >= 4 is 40.6 Å². The second-order valence-corrected chi connectivity index (χ2v) is 4.97. The maximum Gasteiger partial charge on any atom is 0.451 e. The van der Waals surface area contributed by atoms with Crippen LogP contribution in [0.3, 0.4) is 0 Å². The van der Waals surface area contributed by atoms with Gasteiger partial charge in [-0.1, -0.05) is 34.8 Å². The third-order valence-electron chi connectivity index (χ3n) is 2.17. The lowest BCUT2D eigenvalue weighted by Gasteiger charge is -2.11. The van der Waals surface area contributed by atoms with Crippen molar-refractivity contribution in [1.82, 2.24) is 9.97 Å². The fraction of sp³-hybridized carbons (Fsp3) is 0.0909. The largest absolute Gasteiger partial charge is 0.451 e. The smallest absolute Gasteiger partial charge is 0.437 e. The normalized spacial score (nSPS) is 11.5. The first-order chi connectivity index (χ1) is 9.66. The Labute approximate surface area is 131 Å². The molecule has 1 aromatic heterocycles. The predicted molar refractivity (Wildman–Crippen MR) is 73.0 cm³/mol. The second-order valence-electron chi connectivity index (χ2n) is 3.75. The minimum absolute atomic E-state index is 0.0164. The van der Waals surface area contributed by atoms with Crippen molar-refractivity contribution in [3.05, 3.63) is 39.1 Å². The molecule has 0 aliphatic rings. The molecule has 0 spiro atoms. The highest BCUT2D eigenvalue weighted by atomic mass is 35.5. The summed E-state index contributed by atoms with van der Waals surface area (Å²) in [5.41, 5.74) is 5.29. The molecular weight excluding hydrogens is 353 g/mol. The third kappa shape index (κ3) is 3.81. The van der Waals surface area contributed by atoms with Gasteiger partial charge in [0.25, 0.3) is 0 Å². The van der Waals surface area contributed by atoms with Crippen LogP contribution < -0.4 is 10.5 Å². The molecule has 0 amide bonds. The Morgan fingerprint density at radius 2 is 1.57 bits per heavy atom. The standard InChI is InChI=1S/C11H5Cl3F3N3O/c12-4-1-6(14)7(2-5(4)13)21-9-3-8(18)19-10(20-9)11(15,16)17/h1-3H,(H2,18,19,20). The van der Waals surface area contributed by atoms with Gasteiger partial charge < -0.3 is 10.5 Å². The van der Waals surface area contributed by atoms with Crippen LogP contribution in [0, 0.1) is 0 Å². The van der Waals surface area contributed by atoms with Crippen molar-refractivity contribution < 1.29 is 17.9 Å². The van der Waals surface area contributed by atoms with Gasteiger partial charge in [0.1, 0.15) is 11.6 Å². The quantitative estimate of drug-likeness (QED) is 0.781. The van der Waals surface area contributed by atoms with E-state index in [2.05, 4.69) is 9.97 Å². The summed E-state index contributed by atoms with van der Waals surface area (Å²) in [4.78, 5) is 6.30. The van der Waals surface area contributed by atoms with Crippen LogP contribution in [0.2, 0.25) is 15.1 Å². The SMILES string of the molecule is Nc1cc(Oc2cc(Cl)c(Cl)cc2Cl)nc(C(F)(F)F)n1. The van der Waals surface area contributed by atoms with Crippen LogP contribution in [-0.4, -0.2) is 9.97 Å². The van der Waals surface area contributed by atoms with Crippen molar-refractivity contribution in [2.45, 2.75) is 6.18 Å². The van der Waals surface area contributed by atoms with Crippen LogP contribution >= 0.6 is 34.8 Å². The van der Waals surface area contributed by atoms with Gasteiger partial charge in [-0.05, 0) is 6.07 Å². The molecule has 2 aromatic rings. The van der Waals surface area contributed by atoms with E-state index < -0.39 is 23.7 Å². The average molecular weight is 359 g/mol. The molecule has 2 N–H and O–H groups in total. The maximum atomic E-state index is 12.6. The van der Waals surface area contributed by atoms with E-state index in [9.17, 15) is 13.2 Å². The first-order valence-electron chi connectivity index (χ1n) is 5.21. The maximum absolute atomic E-state index is 12.6. The van der Waals surface area contributed by atoms with Gasteiger partial charge in [0, 0.05) is 12.1 Å². The lowest BCUT2D eigenvalue weighted by molar-refractivity contribution is -0.145. The number of aromatic nitrogens is 2. The van der Waals surface area contributed by atoms with E-state index in [0.717, 1.165) is 6.07 Å². The van der Waals surface area contributed by atoms with Gasteiger partial charge >= 0.3 is 6.18 Å². The molecule has 2 rings (SSSR count). The van der Waals surface area contributed by atoms with Crippen LogP contribution in [-0.2, 0) is 6.18 Å². The topological polar surface area (TPSA) is 61.0 Å². The van der Waals surface area contributed by atoms with Crippen LogP contribution in [0.15, 0.2) is 18.2 Å². The second kappa shape index (κ2) is 5.75. The summed E-state index contributed by atoms with van der Waals surface area (Å²) < 4.78 is 42.9. The predicted octanol–water partition coefficient (Wildman–Crippen LogP) is 4.83. The van der Waals surface area contributed by atoms with Crippen molar-refractivity contribution in [3.8, 4) is 11.6 Å². The molecule has 0 radical (unpaired) electrons. The molecule has 10 heteroatoms. The fourth-order valence-electron chi connectivity index (χ4n) is 1.32. The van der Waals surface area contributed by atoms with Gasteiger partial charge in [-0.15, -0.1) is 0 Å². The number of nitrogen functional groups attached to an aromatic ring is 1. The molecule has 0 saturated heterocycles. The van der Waals surface area contributed by atoms with Gasteiger partial charge in [-0.3, -0.25) is 0 Å². The summed E-state index contributed by atoms with van der Waals surface area (Å²) in [6.07, 6.45) is -4.76. The number of alkyl halides is 3. The third-order valence-corrected chi connectivity index (χ3v) is 3.18. The van der Waals surface area contributed by atoms with E-state index in [0.29, 0.717) is 0 Å².